The summed E-state index contributed by atoms with van der Waals surface area (Å²) in [5.41, 5.74) is 2.41. The van der Waals surface area contributed by atoms with Crippen LogP contribution >= 0.6 is 15.9 Å². The number of halogens is 1. The molecule has 0 spiro atoms. The third-order valence-electron chi connectivity index (χ3n) is 3.42. The summed E-state index contributed by atoms with van der Waals surface area (Å²) >= 11 is 3.55. The molecule has 3 nitrogen and oxygen atoms in total. The van der Waals surface area contributed by atoms with Gasteiger partial charge in [-0.2, -0.15) is 0 Å². The SMILES string of the molecule is Cc1ccc(CCC(=O)NC2CCOCC2)c(Br)c1. The van der Waals surface area contributed by atoms with E-state index in [9.17, 15) is 4.79 Å². The second-order valence-electron chi connectivity index (χ2n) is 5.05. The normalized spacial score (nSPS) is 16.3. The highest BCUT2D eigenvalue weighted by Crippen LogP contribution is 2.19. The third-order valence-corrected chi connectivity index (χ3v) is 4.15. The van der Waals surface area contributed by atoms with Crippen LogP contribution in [-0.2, 0) is 16.0 Å². The zero-order valence-corrected chi connectivity index (χ0v) is 12.8. The Morgan fingerprint density at radius 3 is 2.84 bits per heavy atom. The molecule has 1 N–H and O–H groups in total. The van der Waals surface area contributed by atoms with E-state index < -0.39 is 0 Å². The molecule has 1 amide bonds. The number of amides is 1. The Morgan fingerprint density at radius 2 is 2.16 bits per heavy atom. The number of hydrogen-bond donors (Lipinski definition) is 1. The number of carbonyl (C=O) groups is 1. The molecule has 0 unspecified atom stereocenters. The lowest BCUT2D eigenvalue weighted by Crippen LogP contribution is -2.38. The van der Waals surface area contributed by atoms with Gasteiger partial charge in [-0.1, -0.05) is 28.1 Å². The molecule has 4 heteroatoms. The van der Waals surface area contributed by atoms with Crippen molar-refractivity contribution in [3.8, 4) is 0 Å². The molecule has 1 aromatic carbocycles. The summed E-state index contributed by atoms with van der Waals surface area (Å²) in [7, 11) is 0. The predicted molar refractivity (Wildman–Crippen MR) is 79.2 cm³/mol. The van der Waals surface area contributed by atoms with Crippen molar-refractivity contribution in [2.45, 2.75) is 38.6 Å². The molecule has 19 heavy (non-hydrogen) atoms. The van der Waals surface area contributed by atoms with Gasteiger partial charge in [0.1, 0.15) is 0 Å². The van der Waals surface area contributed by atoms with Crippen molar-refractivity contribution in [1.82, 2.24) is 5.32 Å². The first kappa shape index (κ1) is 14.5. The fourth-order valence-electron chi connectivity index (χ4n) is 2.25. The second kappa shape index (κ2) is 7.06. The second-order valence-corrected chi connectivity index (χ2v) is 5.90. The molecule has 0 saturated carbocycles. The van der Waals surface area contributed by atoms with Crippen molar-refractivity contribution < 1.29 is 9.53 Å². The van der Waals surface area contributed by atoms with Gasteiger partial charge in [-0.05, 0) is 43.4 Å². The molecular formula is C15H20BrNO2. The van der Waals surface area contributed by atoms with E-state index in [1.165, 1.54) is 11.1 Å². The summed E-state index contributed by atoms with van der Waals surface area (Å²) in [5.74, 6) is 0.138. The summed E-state index contributed by atoms with van der Waals surface area (Å²) in [6.45, 7) is 3.58. The van der Waals surface area contributed by atoms with Crippen molar-refractivity contribution in [3.05, 3.63) is 33.8 Å². The fraction of sp³-hybridized carbons (Fsp3) is 0.533. The Bertz CT molecular complexity index is 442. The lowest BCUT2D eigenvalue weighted by molar-refractivity contribution is -0.122. The standard InChI is InChI=1S/C15H20BrNO2/c1-11-2-3-12(14(16)10-11)4-5-15(18)17-13-6-8-19-9-7-13/h2-3,10,13H,4-9H2,1H3,(H,17,18). The van der Waals surface area contributed by atoms with Gasteiger partial charge in [0.15, 0.2) is 0 Å². The molecule has 0 aromatic heterocycles. The molecule has 104 valence electrons. The average molecular weight is 326 g/mol. The van der Waals surface area contributed by atoms with Crippen LogP contribution in [0, 0.1) is 6.92 Å². The Labute approximate surface area is 122 Å². The van der Waals surface area contributed by atoms with Crippen LogP contribution in [0.15, 0.2) is 22.7 Å². The minimum absolute atomic E-state index is 0.138. The molecule has 1 saturated heterocycles. The number of carbonyl (C=O) groups excluding carboxylic acids is 1. The number of aryl methyl sites for hydroxylation is 2. The van der Waals surface area contributed by atoms with E-state index in [4.69, 9.17) is 4.74 Å². The van der Waals surface area contributed by atoms with Gasteiger partial charge in [-0.3, -0.25) is 4.79 Å². The fourth-order valence-corrected chi connectivity index (χ4v) is 2.94. The maximum absolute atomic E-state index is 11.9. The number of ether oxygens (including phenoxy) is 1. The molecular weight excluding hydrogens is 306 g/mol. The van der Waals surface area contributed by atoms with E-state index in [0.717, 1.165) is 36.9 Å². The molecule has 1 aliphatic rings. The molecule has 0 bridgehead atoms. The molecule has 0 atom stereocenters. The van der Waals surface area contributed by atoms with Gasteiger partial charge in [0, 0.05) is 30.1 Å². The van der Waals surface area contributed by atoms with Gasteiger partial charge >= 0.3 is 0 Å². The third kappa shape index (κ3) is 4.62. The zero-order chi connectivity index (χ0) is 13.7. The first-order valence-corrected chi connectivity index (χ1v) is 7.56. The Morgan fingerprint density at radius 1 is 1.42 bits per heavy atom. The topological polar surface area (TPSA) is 38.3 Å². The van der Waals surface area contributed by atoms with Crippen molar-refractivity contribution in [2.75, 3.05) is 13.2 Å². The Hall–Kier alpha value is -0.870. The molecule has 1 aliphatic heterocycles. The molecule has 2 rings (SSSR count). The number of rotatable bonds is 4. The van der Waals surface area contributed by atoms with E-state index >= 15 is 0 Å². The van der Waals surface area contributed by atoms with Crippen LogP contribution in [0.3, 0.4) is 0 Å². The quantitative estimate of drug-likeness (QED) is 0.924. The highest BCUT2D eigenvalue weighted by atomic mass is 79.9. The number of nitrogens with one attached hydrogen (secondary N) is 1. The first-order chi connectivity index (χ1) is 9.15. The van der Waals surface area contributed by atoms with Crippen molar-refractivity contribution >= 4 is 21.8 Å². The molecule has 1 aromatic rings. The van der Waals surface area contributed by atoms with E-state index in [0.29, 0.717) is 12.5 Å². The number of benzene rings is 1. The monoisotopic (exact) mass is 325 g/mol. The maximum Gasteiger partial charge on any atom is 0.220 e. The Balaban J connectivity index is 1.79. The smallest absolute Gasteiger partial charge is 0.220 e. The van der Waals surface area contributed by atoms with Crippen LogP contribution in [0.2, 0.25) is 0 Å². The lowest BCUT2D eigenvalue weighted by atomic mass is 10.1. The van der Waals surface area contributed by atoms with Gasteiger partial charge in [-0.15, -0.1) is 0 Å². The van der Waals surface area contributed by atoms with Gasteiger partial charge in [0.2, 0.25) is 5.91 Å². The van der Waals surface area contributed by atoms with Crippen molar-refractivity contribution in [2.24, 2.45) is 0 Å². The van der Waals surface area contributed by atoms with Crippen LogP contribution < -0.4 is 5.32 Å². The highest BCUT2D eigenvalue weighted by molar-refractivity contribution is 9.10. The van der Waals surface area contributed by atoms with Crippen LogP contribution in [0.4, 0.5) is 0 Å². The van der Waals surface area contributed by atoms with Gasteiger partial charge < -0.3 is 10.1 Å². The van der Waals surface area contributed by atoms with Gasteiger partial charge in [0.05, 0.1) is 0 Å². The highest BCUT2D eigenvalue weighted by Gasteiger charge is 2.15. The van der Waals surface area contributed by atoms with E-state index in [-0.39, 0.29) is 5.91 Å². The minimum Gasteiger partial charge on any atom is -0.381 e. The molecule has 0 aliphatic carbocycles. The summed E-state index contributed by atoms with van der Waals surface area (Å²) in [6, 6.07) is 6.55. The van der Waals surface area contributed by atoms with E-state index in [1.807, 2.05) is 0 Å². The Kier molecular flexibility index (Phi) is 5.40. The van der Waals surface area contributed by atoms with Gasteiger partial charge in [-0.25, -0.2) is 0 Å². The zero-order valence-electron chi connectivity index (χ0n) is 11.2. The van der Waals surface area contributed by atoms with Crippen LogP contribution in [0.5, 0.6) is 0 Å². The van der Waals surface area contributed by atoms with Crippen molar-refractivity contribution in [3.63, 3.8) is 0 Å². The molecule has 1 heterocycles. The first-order valence-electron chi connectivity index (χ1n) is 6.77. The number of hydrogen-bond acceptors (Lipinski definition) is 2. The summed E-state index contributed by atoms with van der Waals surface area (Å²) in [6.07, 6.45) is 3.18. The molecule has 0 radical (unpaired) electrons. The van der Waals surface area contributed by atoms with Gasteiger partial charge in [0.25, 0.3) is 0 Å². The minimum atomic E-state index is 0.138. The molecule has 1 fully saturated rings. The maximum atomic E-state index is 11.9. The summed E-state index contributed by atoms with van der Waals surface area (Å²) in [4.78, 5) is 11.9. The average Bonchev–Trinajstić information content (AvgIpc) is 2.39. The van der Waals surface area contributed by atoms with E-state index in [2.05, 4.69) is 46.4 Å². The largest absolute Gasteiger partial charge is 0.381 e. The summed E-state index contributed by atoms with van der Waals surface area (Å²) < 4.78 is 6.37. The summed E-state index contributed by atoms with van der Waals surface area (Å²) in [5, 5.41) is 3.09. The van der Waals surface area contributed by atoms with Crippen LogP contribution in [0.1, 0.15) is 30.4 Å². The van der Waals surface area contributed by atoms with E-state index in [1.54, 1.807) is 0 Å². The van der Waals surface area contributed by atoms with Crippen molar-refractivity contribution in [1.29, 1.82) is 0 Å². The van der Waals surface area contributed by atoms with Crippen LogP contribution in [-0.4, -0.2) is 25.2 Å². The van der Waals surface area contributed by atoms with Crippen LogP contribution in [0.25, 0.3) is 0 Å². The lowest BCUT2D eigenvalue weighted by Gasteiger charge is -2.23. The predicted octanol–water partition coefficient (Wildman–Crippen LogP) is 2.99.